The number of rotatable bonds is 4. The summed E-state index contributed by atoms with van der Waals surface area (Å²) in [6.45, 7) is 1.70. The molecule has 0 unspecified atom stereocenters. The summed E-state index contributed by atoms with van der Waals surface area (Å²) in [6.07, 6.45) is 1.66. The van der Waals surface area contributed by atoms with Gasteiger partial charge in [0.25, 0.3) is 0 Å². The van der Waals surface area contributed by atoms with Crippen LogP contribution in [0.2, 0.25) is 0 Å². The van der Waals surface area contributed by atoms with Crippen molar-refractivity contribution in [2.45, 2.75) is 23.8 Å². The van der Waals surface area contributed by atoms with E-state index in [1.165, 1.54) is 11.4 Å². The number of piperidine rings is 1. The van der Waals surface area contributed by atoms with Crippen LogP contribution in [-0.4, -0.2) is 46.0 Å². The average Bonchev–Trinajstić information content (AvgIpc) is 2.47. The van der Waals surface area contributed by atoms with Crippen molar-refractivity contribution < 1.29 is 13.2 Å². The molecule has 1 aliphatic rings. The second kappa shape index (κ2) is 7.78. The molecule has 5 nitrogen and oxygen atoms in total. The summed E-state index contributed by atoms with van der Waals surface area (Å²) >= 11 is 3.31. The Morgan fingerprint density at radius 2 is 1.95 bits per heavy atom. The number of nitrogens with one attached hydrogen (secondary N) is 1. The van der Waals surface area contributed by atoms with E-state index in [0.717, 1.165) is 25.9 Å². The highest BCUT2D eigenvalue weighted by atomic mass is 79.9. The molecule has 1 aromatic carbocycles. The van der Waals surface area contributed by atoms with E-state index in [-0.39, 0.29) is 23.3 Å². The van der Waals surface area contributed by atoms with Gasteiger partial charge in [-0.05, 0) is 54.0 Å². The quantitative estimate of drug-likeness (QED) is 0.843. The van der Waals surface area contributed by atoms with Gasteiger partial charge in [0.1, 0.15) is 10.6 Å². The molecule has 8 heteroatoms. The second-order valence-corrected chi connectivity index (χ2v) is 7.62. The van der Waals surface area contributed by atoms with Gasteiger partial charge in [-0.2, -0.15) is 4.31 Å². The van der Waals surface area contributed by atoms with Crippen molar-refractivity contribution in [3.05, 3.63) is 22.7 Å². The van der Waals surface area contributed by atoms with E-state index in [1.807, 2.05) is 0 Å². The van der Waals surface area contributed by atoms with E-state index in [4.69, 9.17) is 4.74 Å². The molecule has 1 N–H and O–H groups in total. The van der Waals surface area contributed by atoms with E-state index in [0.29, 0.717) is 10.2 Å². The number of halogens is 2. The standard InChI is InChI=1S/C13H19BrN2O3S.ClH/c1-16(10-5-7-15-8-6-10)20(17,18)13-9-11(19-2)3-4-12(13)14;/h3-4,9-10,15H,5-8H2,1-2H3;1H. The van der Waals surface area contributed by atoms with E-state index < -0.39 is 10.0 Å². The van der Waals surface area contributed by atoms with Gasteiger partial charge in [0.05, 0.1) is 7.11 Å². The minimum atomic E-state index is -3.52. The van der Waals surface area contributed by atoms with Crippen LogP contribution in [0.5, 0.6) is 5.75 Å². The normalized spacial score (nSPS) is 16.6. The molecule has 21 heavy (non-hydrogen) atoms. The Balaban J connectivity index is 0.00000220. The van der Waals surface area contributed by atoms with Gasteiger partial charge in [-0.3, -0.25) is 0 Å². The summed E-state index contributed by atoms with van der Waals surface area (Å²) in [4.78, 5) is 0.248. The lowest BCUT2D eigenvalue weighted by atomic mass is 10.1. The Morgan fingerprint density at radius 1 is 1.33 bits per heavy atom. The largest absolute Gasteiger partial charge is 0.497 e. The third-order valence-electron chi connectivity index (χ3n) is 3.62. The molecular formula is C13H20BrClN2O3S. The molecule has 0 aromatic heterocycles. The fraction of sp³-hybridized carbons (Fsp3) is 0.538. The van der Waals surface area contributed by atoms with Gasteiger partial charge in [-0.1, -0.05) is 0 Å². The molecule has 0 saturated carbocycles. The Hall–Kier alpha value is -0.340. The van der Waals surface area contributed by atoms with Crippen molar-refractivity contribution in [1.29, 1.82) is 0 Å². The molecule has 1 saturated heterocycles. The molecule has 0 spiro atoms. The molecule has 2 rings (SSSR count). The molecule has 1 heterocycles. The van der Waals surface area contributed by atoms with Gasteiger partial charge in [-0.25, -0.2) is 8.42 Å². The molecule has 0 bridgehead atoms. The number of hydrogen-bond acceptors (Lipinski definition) is 4. The van der Waals surface area contributed by atoms with E-state index >= 15 is 0 Å². The summed E-state index contributed by atoms with van der Waals surface area (Å²) < 4.78 is 32.6. The molecule has 1 fully saturated rings. The van der Waals surface area contributed by atoms with Crippen molar-refractivity contribution in [3.63, 3.8) is 0 Å². The van der Waals surface area contributed by atoms with Crippen LogP contribution in [0.15, 0.2) is 27.6 Å². The number of hydrogen-bond donors (Lipinski definition) is 1. The highest BCUT2D eigenvalue weighted by molar-refractivity contribution is 9.10. The summed E-state index contributed by atoms with van der Waals surface area (Å²) in [5.41, 5.74) is 0. The van der Waals surface area contributed by atoms with Crippen LogP contribution in [0.1, 0.15) is 12.8 Å². The molecule has 0 amide bonds. The molecule has 0 atom stereocenters. The van der Waals surface area contributed by atoms with Gasteiger partial charge >= 0.3 is 0 Å². The number of sulfonamides is 1. The monoisotopic (exact) mass is 398 g/mol. The summed E-state index contributed by atoms with van der Waals surface area (Å²) in [5.74, 6) is 0.533. The van der Waals surface area contributed by atoms with E-state index in [1.54, 1.807) is 25.2 Å². The molecule has 1 aromatic rings. The Bertz CT molecular complexity index is 577. The smallest absolute Gasteiger partial charge is 0.244 e. The zero-order valence-electron chi connectivity index (χ0n) is 12.0. The summed E-state index contributed by atoms with van der Waals surface area (Å²) in [5, 5.41) is 3.24. The molecule has 0 aliphatic carbocycles. The van der Waals surface area contributed by atoms with Crippen LogP contribution in [-0.2, 0) is 10.0 Å². The first kappa shape index (κ1) is 18.7. The zero-order chi connectivity index (χ0) is 14.8. The SMILES string of the molecule is COc1ccc(Br)c(S(=O)(=O)N(C)C2CCNCC2)c1.Cl. The van der Waals surface area contributed by atoms with Crippen molar-refractivity contribution >= 4 is 38.4 Å². The lowest BCUT2D eigenvalue weighted by molar-refractivity contribution is 0.296. The van der Waals surface area contributed by atoms with Gasteiger partial charge in [0, 0.05) is 23.6 Å². The average molecular weight is 400 g/mol. The lowest BCUT2D eigenvalue weighted by Gasteiger charge is -2.31. The number of ether oxygens (including phenoxy) is 1. The first-order valence-electron chi connectivity index (χ1n) is 6.49. The third kappa shape index (κ3) is 4.10. The van der Waals surface area contributed by atoms with Gasteiger partial charge in [0.15, 0.2) is 0 Å². The van der Waals surface area contributed by atoms with Crippen molar-refractivity contribution in [2.75, 3.05) is 27.2 Å². The topological polar surface area (TPSA) is 58.6 Å². The Labute approximate surface area is 140 Å². The molecule has 1 aliphatic heterocycles. The summed E-state index contributed by atoms with van der Waals surface area (Å²) in [7, 11) is -0.349. The molecular weight excluding hydrogens is 380 g/mol. The van der Waals surface area contributed by atoms with Crippen LogP contribution in [0, 0.1) is 0 Å². The van der Waals surface area contributed by atoms with Gasteiger partial charge < -0.3 is 10.1 Å². The maximum absolute atomic E-state index is 12.7. The fourth-order valence-corrected chi connectivity index (χ4v) is 4.68. The lowest BCUT2D eigenvalue weighted by Crippen LogP contribution is -2.43. The first-order valence-corrected chi connectivity index (χ1v) is 8.72. The van der Waals surface area contributed by atoms with Crippen LogP contribution >= 0.6 is 28.3 Å². The second-order valence-electron chi connectivity index (χ2n) is 4.80. The maximum atomic E-state index is 12.7. The van der Waals surface area contributed by atoms with Crippen LogP contribution in [0.3, 0.4) is 0 Å². The summed E-state index contributed by atoms with van der Waals surface area (Å²) in [6, 6.07) is 5.02. The maximum Gasteiger partial charge on any atom is 0.244 e. The third-order valence-corrected chi connectivity index (χ3v) is 6.52. The van der Waals surface area contributed by atoms with Crippen molar-refractivity contribution in [3.8, 4) is 5.75 Å². The number of benzene rings is 1. The van der Waals surface area contributed by atoms with Crippen LogP contribution in [0.4, 0.5) is 0 Å². The Kier molecular flexibility index (Phi) is 6.93. The predicted octanol–water partition coefficient (Wildman–Crippen LogP) is 2.25. The van der Waals surface area contributed by atoms with Gasteiger partial charge in [0.2, 0.25) is 10.0 Å². The minimum Gasteiger partial charge on any atom is -0.497 e. The highest BCUT2D eigenvalue weighted by Crippen LogP contribution is 2.30. The van der Waals surface area contributed by atoms with Crippen LogP contribution in [0.25, 0.3) is 0 Å². The highest BCUT2D eigenvalue weighted by Gasteiger charge is 2.30. The van der Waals surface area contributed by atoms with Crippen molar-refractivity contribution in [2.24, 2.45) is 0 Å². The first-order chi connectivity index (χ1) is 9.46. The van der Waals surface area contributed by atoms with Gasteiger partial charge in [-0.15, -0.1) is 12.4 Å². The fourth-order valence-electron chi connectivity index (χ4n) is 2.33. The minimum absolute atomic E-state index is 0. The van der Waals surface area contributed by atoms with Crippen molar-refractivity contribution in [1.82, 2.24) is 9.62 Å². The molecule has 0 radical (unpaired) electrons. The molecule has 120 valence electrons. The van der Waals surface area contributed by atoms with E-state index in [2.05, 4.69) is 21.2 Å². The van der Waals surface area contributed by atoms with E-state index in [9.17, 15) is 8.42 Å². The predicted molar refractivity (Wildman–Crippen MR) is 88.8 cm³/mol. The van der Waals surface area contributed by atoms with Crippen LogP contribution < -0.4 is 10.1 Å². The number of methoxy groups -OCH3 is 1. The Morgan fingerprint density at radius 3 is 2.52 bits per heavy atom. The number of nitrogens with zero attached hydrogens (tertiary/aromatic N) is 1. The zero-order valence-corrected chi connectivity index (χ0v) is 15.2.